The molecule has 0 amide bonds. The summed E-state index contributed by atoms with van der Waals surface area (Å²) in [6.45, 7) is 6.13. The van der Waals surface area contributed by atoms with Gasteiger partial charge >= 0.3 is 0 Å². The topological polar surface area (TPSA) is 42.6 Å². The summed E-state index contributed by atoms with van der Waals surface area (Å²) >= 11 is 0. The van der Waals surface area contributed by atoms with Gasteiger partial charge in [-0.15, -0.1) is 0 Å². The number of nitrogens with zero attached hydrogens (tertiary/aromatic N) is 4. The van der Waals surface area contributed by atoms with Gasteiger partial charge in [-0.05, 0) is 12.8 Å². The van der Waals surface area contributed by atoms with Crippen molar-refractivity contribution in [2.75, 3.05) is 13.1 Å². The van der Waals surface area contributed by atoms with Crippen LogP contribution in [-0.4, -0.2) is 35.5 Å². The summed E-state index contributed by atoms with van der Waals surface area (Å²) in [7, 11) is 0. The molecule has 0 radical (unpaired) electrons. The van der Waals surface area contributed by atoms with E-state index in [4.69, 9.17) is 5.26 Å². The first-order valence-electron chi connectivity index (χ1n) is 6.29. The second-order valence-corrected chi connectivity index (χ2v) is 4.20. The predicted octanol–water partition coefficient (Wildman–Crippen LogP) is 2.39. The summed E-state index contributed by atoms with van der Waals surface area (Å²) in [5.74, 6) is 0. The SMILES string of the molecule is CCCCCCN1N=CN(CCC)C1C#N. The molecular weight excluding hydrogens is 200 g/mol. The highest BCUT2D eigenvalue weighted by Crippen LogP contribution is 2.13. The van der Waals surface area contributed by atoms with Gasteiger partial charge in [-0.25, -0.2) is 0 Å². The summed E-state index contributed by atoms with van der Waals surface area (Å²) < 4.78 is 0. The molecule has 1 atom stereocenters. The first-order valence-corrected chi connectivity index (χ1v) is 6.29. The minimum absolute atomic E-state index is 0.179. The predicted molar refractivity (Wildman–Crippen MR) is 65.7 cm³/mol. The van der Waals surface area contributed by atoms with E-state index < -0.39 is 0 Å². The van der Waals surface area contributed by atoms with Crippen LogP contribution in [0.4, 0.5) is 0 Å². The van der Waals surface area contributed by atoms with Crippen molar-refractivity contribution in [3.05, 3.63) is 0 Å². The van der Waals surface area contributed by atoms with Gasteiger partial charge in [-0.1, -0.05) is 33.1 Å². The van der Waals surface area contributed by atoms with Crippen LogP contribution >= 0.6 is 0 Å². The highest BCUT2D eigenvalue weighted by atomic mass is 15.6. The van der Waals surface area contributed by atoms with E-state index in [0.29, 0.717) is 0 Å². The quantitative estimate of drug-likeness (QED) is 0.621. The van der Waals surface area contributed by atoms with Gasteiger partial charge < -0.3 is 4.90 Å². The van der Waals surface area contributed by atoms with Crippen LogP contribution in [0.15, 0.2) is 5.10 Å². The van der Waals surface area contributed by atoms with E-state index in [1.165, 1.54) is 19.3 Å². The molecule has 1 heterocycles. The fourth-order valence-corrected chi connectivity index (χ4v) is 1.89. The van der Waals surface area contributed by atoms with Crippen molar-refractivity contribution >= 4 is 6.34 Å². The molecule has 0 aromatic heterocycles. The standard InChI is InChI=1S/C12H22N4/c1-3-5-6-7-9-16-12(10-13)15(8-4-2)11-14-16/h11-12H,3-9H2,1-2H3. The monoisotopic (exact) mass is 222 g/mol. The maximum atomic E-state index is 9.12. The van der Waals surface area contributed by atoms with E-state index in [1.54, 1.807) is 6.34 Å². The van der Waals surface area contributed by atoms with Crippen molar-refractivity contribution < 1.29 is 0 Å². The zero-order valence-corrected chi connectivity index (χ0v) is 10.4. The Bertz CT molecular complexity index is 256. The van der Waals surface area contributed by atoms with Crippen molar-refractivity contribution in [3.63, 3.8) is 0 Å². The van der Waals surface area contributed by atoms with E-state index in [9.17, 15) is 0 Å². The van der Waals surface area contributed by atoms with E-state index in [1.807, 2.05) is 9.91 Å². The molecule has 1 rings (SSSR count). The maximum Gasteiger partial charge on any atom is 0.207 e. The van der Waals surface area contributed by atoms with Crippen molar-refractivity contribution in [2.24, 2.45) is 5.10 Å². The number of hydrogen-bond acceptors (Lipinski definition) is 4. The van der Waals surface area contributed by atoms with Crippen molar-refractivity contribution in [1.29, 1.82) is 5.26 Å². The lowest BCUT2D eigenvalue weighted by Crippen LogP contribution is -2.39. The second-order valence-electron chi connectivity index (χ2n) is 4.20. The van der Waals surface area contributed by atoms with E-state index >= 15 is 0 Å². The third kappa shape index (κ3) is 3.41. The Hall–Kier alpha value is -1.24. The second kappa shape index (κ2) is 7.10. The number of rotatable bonds is 7. The number of hydrazone groups is 1. The van der Waals surface area contributed by atoms with Gasteiger partial charge in [-0.3, -0.25) is 5.01 Å². The molecule has 1 aliphatic heterocycles. The Balaban J connectivity index is 2.32. The molecule has 0 spiro atoms. The van der Waals surface area contributed by atoms with Crippen molar-refractivity contribution in [3.8, 4) is 6.07 Å². The van der Waals surface area contributed by atoms with Gasteiger partial charge in [0.05, 0.1) is 0 Å². The van der Waals surface area contributed by atoms with Gasteiger partial charge in [0.2, 0.25) is 6.17 Å². The molecule has 0 saturated carbocycles. The molecule has 0 bridgehead atoms. The third-order valence-corrected chi connectivity index (χ3v) is 2.78. The molecule has 0 N–H and O–H groups in total. The lowest BCUT2D eigenvalue weighted by Gasteiger charge is -2.24. The van der Waals surface area contributed by atoms with Crippen LogP contribution in [0.3, 0.4) is 0 Å². The molecule has 4 heteroatoms. The largest absolute Gasteiger partial charge is 0.328 e. The lowest BCUT2D eigenvalue weighted by molar-refractivity contribution is 0.174. The smallest absolute Gasteiger partial charge is 0.207 e. The maximum absolute atomic E-state index is 9.12. The number of hydrogen-bond donors (Lipinski definition) is 0. The van der Waals surface area contributed by atoms with Gasteiger partial charge in [0.15, 0.2) is 0 Å². The highest BCUT2D eigenvalue weighted by Gasteiger charge is 2.26. The van der Waals surface area contributed by atoms with E-state index in [2.05, 4.69) is 25.0 Å². The van der Waals surface area contributed by atoms with Crippen LogP contribution in [0.5, 0.6) is 0 Å². The van der Waals surface area contributed by atoms with Crippen molar-refractivity contribution in [1.82, 2.24) is 9.91 Å². The Morgan fingerprint density at radius 2 is 2.00 bits per heavy atom. The Kier molecular flexibility index (Phi) is 5.69. The zero-order valence-electron chi connectivity index (χ0n) is 10.4. The molecule has 0 aromatic rings. The summed E-state index contributed by atoms with van der Waals surface area (Å²) in [5.41, 5.74) is 0. The highest BCUT2D eigenvalue weighted by molar-refractivity contribution is 5.57. The van der Waals surface area contributed by atoms with Gasteiger partial charge in [0.1, 0.15) is 12.4 Å². The van der Waals surface area contributed by atoms with Crippen LogP contribution in [0.25, 0.3) is 0 Å². The summed E-state index contributed by atoms with van der Waals surface area (Å²) in [5, 5.41) is 15.3. The molecule has 1 aliphatic rings. The normalized spacial score (nSPS) is 19.2. The van der Waals surface area contributed by atoms with Crippen LogP contribution < -0.4 is 0 Å². The van der Waals surface area contributed by atoms with E-state index in [0.717, 1.165) is 25.9 Å². The van der Waals surface area contributed by atoms with Gasteiger partial charge in [-0.2, -0.15) is 10.4 Å². The molecular formula is C12H22N4. The average molecular weight is 222 g/mol. The van der Waals surface area contributed by atoms with E-state index in [-0.39, 0.29) is 6.17 Å². The van der Waals surface area contributed by atoms with Crippen LogP contribution in [0, 0.1) is 11.3 Å². The molecule has 4 nitrogen and oxygen atoms in total. The molecule has 16 heavy (non-hydrogen) atoms. The summed E-state index contributed by atoms with van der Waals surface area (Å²) in [6.07, 6.45) is 7.55. The Morgan fingerprint density at radius 1 is 1.19 bits per heavy atom. The molecule has 0 aromatic carbocycles. The van der Waals surface area contributed by atoms with Crippen LogP contribution in [0.2, 0.25) is 0 Å². The molecule has 0 fully saturated rings. The van der Waals surface area contributed by atoms with Crippen LogP contribution in [-0.2, 0) is 0 Å². The lowest BCUT2D eigenvalue weighted by atomic mass is 10.2. The average Bonchev–Trinajstić information content (AvgIpc) is 2.67. The van der Waals surface area contributed by atoms with Crippen LogP contribution in [0.1, 0.15) is 46.0 Å². The molecule has 1 unspecified atom stereocenters. The summed E-state index contributed by atoms with van der Waals surface area (Å²) in [4.78, 5) is 2.01. The third-order valence-electron chi connectivity index (χ3n) is 2.78. The zero-order chi connectivity index (χ0) is 11.8. The number of nitriles is 1. The minimum atomic E-state index is -0.179. The molecule has 0 aliphatic carbocycles. The van der Waals surface area contributed by atoms with Gasteiger partial charge in [0.25, 0.3) is 0 Å². The van der Waals surface area contributed by atoms with Gasteiger partial charge in [0, 0.05) is 13.1 Å². The first-order chi connectivity index (χ1) is 7.83. The summed E-state index contributed by atoms with van der Waals surface area (Å²) in [6, 6.07) is 2.32. The fraction of sp³-hybridized carbons (Fsp3) is 0.833. The Labute approximate surface area is 98.5 Å². The number of unbranched alkanes of at least 4 members (excludes halogenated alkanes) is 3. The first kappa shape index (κ1) is 12.8. The van der Waals surface area contributed by atoms with Crippen molar-refractivity contribution in [2.45, 2.75) is 52.1 Å². The minimum Gasteiger partial charge on any atom is -0.328 e. The Morgan fingerprint density at radius 3 is 2.62 bits per heavy atom. The molecule has 90 valence electrons. The molecule has 0 saturated heterocycles. The fourth-order valence-electron chi connectivity index (χ4n) is 1.89.